The molecule has 94 valence electrons. The van der Waals surface area contributed by atoms with Crippen molar-refractivity contribution in [1.29, 1.82) is 5.26 Å². The molecule has 2 rings (SSSR count). The standard InChI is InChI=1S/C15H11ClN2O/c1-10-7-13(16)5-6-14(10)18-15(19)12-4-2-3-11(8-12)9-17/h2-8H,1H3,(H,18,19). The minimum absolute atomic E-state index is 0.248. The van der Waals surface area contributed by atoms with Gasteiger partial charge in [-0.15, -0.1) is 0 Å². The SMILES string of the molecule is Cc1cc(Cl)ccc1NC(=O)c1cccc(C#N)c1. The number of carbonyl (C=O) groups excluding carboxylic acids is 1. The molecule has 0 radical (unpaired) electrons. The second-order valence-electron chi connectivity index (χ2n) is 4.11. The molecule has 0 spiro atoms. The van der Waals surface area contributed by atoms with Gasteiger partial charge in [-0.05, 0) is 48.9 Å². The van der Waals surface area contributed by atoms with Gasteiger partial charge < -0.3 is 5.32 Å². The third-order valence-corrected chi connectivity index (χ3v) is 2.93. The van der Waals surface area contributed by atoms with Gasteiger partial charge in [0.25, 0.3) is 5.91 Å². The van der Waals surface area contributed by atoms with Crippen LogP contribution in [0, 0.1) is 18.3 Å². The van der Waals surface area contributed by atoms with E-state index in [0.29, 0.717) is 21.8 Å². The Labute approximate surface area is 116 Å². The van der Waals surface area contributed by atoms with Crippen LogP contribution in [0.4, 0.5) is 5.69 Å². The normalized spacial score (nSPS) is 9.74. The molecule has 0 heterocycles. The fraction of sp³-hybridized carbons (Fsp3) is 0.0667. The Kier molecular flexibility index (Phi) is 3.84. The first-order chi connectivity index (χ1) is 9.10. The zero-order chi connectivity index (χ0) is 13.8. The molecule has 0 bridgehead atoms. The van der Waals surface area contributed by atoms with Gasteiger partial charge in [-0.2, -0.15) is 5.26 Å². The summed E-state index contributed by atoms with van der Waals surface area (Å²) in [5.41, 5.74) is 2.50. The van der Waals surface area contributed by atoms with Gasteiger partial charge in [-0.25, -0.2) is 0 Å². The number of hydrogen-bond acceptors (Lipinski definition) is 2. The molecule has 4 heteroatoms. The van der Waals surface area contributed by atoms with Gasteiger partial charge in [0.15, 0.2) is 0 Å². The van der Waals surface area contributed by atoms with E-state index in [1.807, 2.05) is 13.0 Å². The number of rotatable bonds is 2. The van der Waals surface area contributed by atoms with Crippen LogP contribution in [0.15, 0.2) is 42.5 Å². The topological polar surface area (TPSA) is 52.9 Å². The zero-order valence-corrected chi connectivity index (χ0v) is 11.0. The first-order valence-electron chi connectivity index (χ1n) is 5.68. The fourth-order valence-electron chi connectivity index (χ4n) is 1.69. The van der Waals surface area contributed by atoms with E-state index < -0.39 is 0 Å². The summed E-state index contributed by atoms with van der Waals surface area (Å²) in [7, 11) is 0. The van der Waals surface area contributed by atoms with Crippen LogP contribution < -0.4 is 5.32 Å². The molecule has 0 unspecified atom stereocenters. The monoisotopic (exact) mass is 270 g/mol. The average Bonchev–Trinajstić information content (AvgIpc) is 2.42. The molecular formula is C15H11ClN2O. The Morgan fingerprint density at radius 2 is 2.05 bits per heavy atom. The Balaban J connectivity index is 2.23. The average molecular weight is 271 g/mol. The first-order valence-corrected chi connectivity index (χ1v) is 6.05. The van der Waals surface area contributed by atoms with E-state index in [1.165, 1.54) is 0 Å². The van der Waals surface area contributed by atoms with Gasteiger partial charge in [-0.3, -0.25) is 4.79 Å². The molecule has 0 atom stereocenters. The van der Waals surface area contributed by atoms with Gasteiger partial charge >= 0.3 is 0 Å². The van der Waals surface area contributed by atoms with Crippen LogP contribution in [0.25, 0.3) is 0 Å². The summed E-state index contributed by atoms with van der Waals surface area (Å²) in [5, 5.41) is 12.2. The van der Waals surface area contributed by atoms with Crippen LogP contribution in [0.2, 0.25) is 5.02 Å². The van der Waals surface area contributed by atoms with Gasteiger partial charge in [0, 0.05) is 16.3 Å². The van der Waals surface area contributed by atoms with E-state index in [2.05, 4.69) is 5.32 Å². The van der Waals surface area contributed by atoms with Gasteiger partial charge in [0.05, 0.1) is 11.6 Å². The molecule has 1 amide bonds. The van der Waals surface area contributed by atoms with Crippen molar-refractivity contribution in [3.63, 3.8) is 0 Å². The number of amides is 1. The lowest BCUT2D eigenvalue weighted by atomic mass is 10.1. The van der Waals surface area contributed by atoms with Crippen LogP contribution in [0.3, 0.4) is 0 Å². The molecule has 0 aliphatic carbocycles. The second kappa shape index (κ2) is 5.55. The molecule has 3 nitrogen and oxygen atoms in total. The second-order valence-corrected chi connectivity index (χ2v) is 4.54. The van der Waals surface area contributed by atoms with Crippen molar-refractivity contribution >= 4 is 23.2 Å². The number of benzene rings is 2. The third kappa shape index (κ3) is 3.12. The lowest BCUT2D eigenvalue weighted by molar-refractivity contribution is 0.102. The summed E-state index contributed by atoms with van der Waals surface area (Å²) < 4.78 is 0. The maximum atomic E-state index is 12.1. The number of anilines is 1. The Morgan fingerprint density at radius 3 is 2.74 bits per heavy atom. The van der Waals surface area contributed by atoms with Crippen LogP contribution in [-0.4, -0.2) is 5.91 Å². The van der Waals surface area contributed by atoms with Crippen molar-refractivity contribution in [2.24, 2.45) is 0 Å². The largest absolute Gasteiger partial charge is 0.322 e. The lowest BCUT2D eigenvalue weighted by Crippen LogP contribution is -2.12. The predicted molar refractivity (Wildman–Crippen MR) is 75.3 cm³/mol. The number of halogens is 1. The maximum absolute atomic E-state index is 12.1. The van der Waals surface area contributed by atoms with Crippen molar-refractivity contribution in [2.75, 3.05) is 5.32 Å². The maximum Gasteiger partial charge on any atom is 0.255 e. The van der Waals surface area contributed by atoms with Crippen molar-refractivity contribution in [3.05, 3.63) is 64.2 Å². The summed E-state index contributed by atoms with van der Waals surface area (Å²) >= 11 is 5.86. The molecule has 19 heavy (non-hydrogen) atoms. The molecule has 2 aromatic carbocycles. The van der Waals surface area contributed by atoms with E-state index in [9.17, 15) is 4.79 Å². The van der Waals surface area contributed by atoms with E-state index in [4.69, 9.17) is 16.9 Å². The van der Waals surface area contributed by atoms with Crippen molar-refractivity contribution < 1.29 is 4.79 Å². The van der Waals surface area contributed by atoms with Gasteiger partial charge in [-0.1, -0.05) is 17.7 Å². The molecule has 0 aliphatic rings. The number of hydrogen-bond donors (Lipinski definition) is 1. The van der Waals surface area contributed by atoms with E-state index in [0.717, 1.165) is 5.56 Å². The quantitative estimate of drug-likeness (QED) is 0.903. The Bertz CT molecular complexity index is 674. The Morgan fingerprint density at radius 1 is 1.26 bits per heavy atom. The summed E-state index contributed by atoms with van der Waals surface area (Å²) in [4.78, 5) is 12.1. The highest BCUT2D eigenvalue weighted by Gasteiger charge is 2.08. The number of nitrogens with zero attached hydrogens (tertiary/aromatic N) is 1. The molecule has 1 N–H and O–H groups in total. The molecular weight excluding hydrogens is 260 g/mol. The number of nitriles is 1. The molecule has 0 fully saturated rings. The molecule has 0 saturated heterocycles. The summed E-state index contributed by atoms with van der Waals surface area (Å²) in [6, 6.07) is 13.8. The van der Waals surface area contributed by atoms with Crippen molar-refractivity contribution in [2.45, 2.75) is 6.92 Å². The highest BCUT2D eigenvalue weighted by Crippen LogP contribution is 2.20. The van der Waals surface area contributed by atoms with Crippen molar-refractivity contribution in [3.8, 4) is 6.07 Å². The smallest absolute Gasteiger partial charge is 0.255 e. The summed E-state index contributed by atoms with van der Waals surface area (Å²) in [6.07, 6.45) is 0. The van der Waals surface area contributed by atoms with Crippen LogP contribution in [0.5, 0.6) is 0 Å². The summed E-state index contributed by atoms with van der Waals surface area (Å²) in [5.74, 6) is -0.248. The molecule has 2 aromatic rings. The zero-order valence-electron chi connectivity index (χ0n) is 10.3. The Hall–Kier alpha value is -2.31. The number of aryl methyl sites for hydroxylation is 1. The molecule has 0 aliphatic heterocycles. The van der Waals surface area contributed by atoms with E-state index in [1.54, 1.807) is 42.5 Å². The minimum atomic E-state index is -0.248. The fourth-order valence-corrected chi connectivity index (χ4v) is 1.92. The van der Waals surface area contributed by atoms with E-state index in [-0.39, 0.29) is 5.91 Å². The lowest BCUT2D eigenvalue weighted by Gasteiger charge is -2.08. The minimum Gasteiger partial charge on any atom is -0.322 e. The predicted octanol–water partition coefficient (Wildman–Crippen LogP) is 3.77. The highest BCUT2D eigenvalue weighted by molar-refractivity contribution is 6.30. The molecule has 0 aromatic heterocycles. The van der Waals surface area contributed by atoms with Crippen LogP contribution in [0.1, 0.15) is 21.5 Å². The summed E-state index contributed by atoms with van der Waals surface area (Å²) in [6.45, 7) is 1.87. The van der Waals surface area contributed by atoms with Crippen LogP contribution in [-0.2, 0) is 0 Å². The van der Waals surface area contributed by atoms with E-state index >= 15 is 0 Å². The third-order valence-electron chi connectivity index (χ3n) is 2.69. The number of nitrogens with one attached hydrogen (secondary N) is 1. The highest BCUT2D eigenvalue weighted by atomic mass is 35.5. The number of carbonyl (C=O) groups is 1. The van der Waals surface area contributed by atoms with Gasteiger partial charge in [0.2, 0.25) is 0 Å². The molecule has 0 saturated carbocycles. The van der Waals surface area contributed by atoms with Crippen molar-refractivity contribution in [1.82, 2.24) is 0 Å². The first kappa shape index (κ1) is 13.1. The van der Waals surface area contributed by atoms with Crippen LogP contribution >= 0.6 is 11.6 Å². The van der Waals surface area contributed by atoms with Gasteiger partial charge in [0.1, 0.15) is 0 Å².